The highest BCUT2D eigenvalue weighted by Crippen LogP contribution is 2.23. The molecule has 0 aliphatic rings. The number of carboxylic acid groups (broad SMARTS) is 1. The number of aryl methyl sites for hydroxylation is 2. The second-order valence-corrected chi connectivity index (χ2v) is 6.07. The van der Waals surface area contributed by atoms with Crippen LogP contribution in [0.15, 0.2) is 12.1 Å². The lowest BCUT2D eigenvalue weighted by molar-refractivity contribution is -0.144. The van der Waals surface area contributed by atoms with Crippen molar-refractivity contribution in [2.45, 2.75) is 52.6 Å². The molecule has 0 spiro atoms. The van der Waals surface area contributed by atoms with E-state index in [0.717, 1.165) is 16.7 Å². The Morgan fingerprint density at radius 1 is 1.29 bits per heavy atom. The molecule has 1 atom stereocenters. The molecule has 0 saturated carbocycles. The van der Waals surface area contributed by atoms with Crippen LogP contribution < -0.4 is 11.1 Å². The van der Waals surface area contributed by atoms with Crippen molar-refractivity contribution >= 4 is 11.9 Å². The van der Waals surface area contributed by atoms with E-state index < -0.39 is 17.4 Å². The highest BCUT2D eigenvalue weighted by atomic mass is 16.4. The number of amides is 1. The topological polar surface area (TPSA) is 92.4 Å². The molecule has 5 nitrogen and oxygen atoms in total. The average Bonchev–Trinajstić information content (AvgIpc) is 2.32. The highest BCUT2D eigenvalue weighted by molar-refractivity contribution is 5.93. The summed E-state index contributed by atoms with van der Waals surface area (Å²) in [4.78, 5) is 22.9. The lowest BCUT2D eigenvalue weighted by Crippen LogP contribution is -2.54. The fourth-order valence-corrected chi connectivity index (χ4v) is 2.59. The van der Waals surface area contributed by atoms with E-state index in [0.29, 0.717) is 12.0 Å². The third-order valence-electron chi connectivity index (χ3n) is 3.59. The van der Waals surface area contributed by atoms with Gasteiger partial charge in [0.25, 0.3) is 0 Å². The van der Waals surface area contributed by atoms with Crippen molar-refractivity contribution in [1.29, 1.82) is 0 Å². The van der Waals surface area contributed by atoms with Gasteiger partial charge in [0.15, 0.2) is 0 Å². The second kappa shape index (κ2) is 6.26. The summed E-state index contributed by atoms with van der Waals surface area (Å²) >= 11 is 0. The molecule has 0 fully saturated rings. The van der Waals surface area contributed by atoms with Crippen LogP contribution >= 0.6 is 0 Å². The zero-order valence-corrected chi connectivity index (χ0v) is 13.3. The first kappa shape index (κ1) is 17.2. The van der Waals surface area contributed by atoms with E-state index in [1.165, 1.54) is 0 Å². The van der Waals surface area contributed by atoms with Gasteiger partial charge in [-0.2, -0.15) is 0 Å². The number of hydrogen-bond acceptors (Lipinski definition) is 3. The molecule has 1 amide bonds. The van der Waals surface area contributed by atoms with Crippen LogP contribution in [0.4, 0.5) is 0 Å². The molecule has 116 valence electrons. The van der Waals surface area contributed by atoms with Crippen LogP contribution in [0.1, 0.15) is 47.8 Å². The predicted molar refractivity (Wildman–Crippen MR) is 82.5 cm³/mol. The normalized spacial score (nSPS) is 14.0. The Kier molecular flexibility index (Phi) is 5.12. The van der Waals surface area contributed by atoms with Crippen LogP contribution in [0.3, 0.4) is 0 Å². The SMILES string of the molecule is Cc1cc(C(N)=O)cc(C)c1CC(C)(NC(C)C)C(=O)O. The third kappa shape index (κ3) is 4.04. The van der Waals surface area contributed by atoms with Crippen molar-refractivity contribution in [1.82, 2.24) is 5.32 Å². The lowest BCUT2D eigenvalue weighted by Gasteiger charge is -2.30. The molecule has 0 bridgehead atoms. The first-order chi connectivity index (χ1) is 9.56. The molecular weight excluding hydrogens is 268 g/mol. The molecule has 0 saturated heterocycles. The van der Waals surface area contributed by atoms with E-state index in [1.807, 2.05) is 27.7 Å². The summed E-state index contributed by atoms with van der Waals surface area (Å²) in [7, 11) is 0. The summed E-state index contributed by atoms with van der Waals surface area (Å²) in [6, 6.07) is 3.47. The number of aliphatic carboxylic acids is 1. The van der Waals surface area contributed by atoms with Gasteiger partial charge in [0.1, 0.15) is 5.54 Å². The van der Waals surface area contributed by atoms with Gasteiger partial charge < -0.3 is 10.8 Å². The van der Waals surface area contributed by atoms with Crippen LogP contribution in [-0.2, 0) is 11.2 Å². The zero-order valence-electron chi connectivity index (χ0n) is 13.3. The maximum atomic E-state index is 11.6. The Balaban J connectivity index is 3.22. The number of carboxylic acids is 1. The number of rotatable bonds is 6. The smallest absolute Gasteiger partial charge is 0.323 e. The zero-order chi connectivity index (χ0) is 16.4. The second-order valence-electron chi connectivity index (χ2n) is 6.07. The van der Waals surface area contributed by atoms with Crippen molar-refractivity contribution in [2.75, 3.05) is 0 Å². The van der Waals surface area contributed by atoms with Crippen LogP contribution in [0.25, 0.3) is 0 Å². The first-order valence-corrected chi connectivity index (χ1v) is 6.98. The summed E-state index contributed by atoms with van der Waals surface area (Å²) < 4.78 is 0. The van der Waals surface area contributed by atoms with E-state index in [1.54, 1.807) is 19.1 Å². The fraction of sp³-hybridized carbons (Fsp3) is 0.500. The van der Waals surface area contributed by atoms with Gasteiger partial charge in [0, 0.05) is 18.0 Å². The van der Waals surface area contributed by atoms with Gasteiger partial charge in [-0.3, -0.25) is 14.9 Å². The van der Waals surface area contributed by atoms with E-state index in [2.05, 4.69) is 5.32 Å². The van der Waals surface area contributed by atoms with E-state index in [9.17, 15) is 14.7 Å². The fourth-order valence-electron chi connectivity index (χ4n) is 2.59. The average molecular weight is 292 g/mol. The molecule has 0 aliphatic carbocycles. The maximum absolute atomic E-state index is 11.6. The van der Waals surface area contributed by atoms with Gasteiger partial charge in [-0.25, -0.2) is 0 Å². The first-order valence-electron chi connectivity index (χ1n) is 6.98. The summed E-state index contributed by atoms with van der Waals surface area (Å²) in [5.41, 5.74) is 7.37. The van der Waals surface area contributed by atoms with Crippen molar-refractivity contribution in [3.8, 4) is 0 Å². The Bertz CT molecular complexity index is 544. The molecule has 1 aromatic rings. The van der Waals surface area contributed by atoms with Crippen LogP contribution in [0, 0.1) is 13.8 Å². The monoisotopic (exact) mass is 292 g/mol. The predicted octanol–water partition coefficient (Wildman–Crippen LogP) is 1.79. The van der Waals surface area contributed by atoms with Crippen molar-refractivity contribution in [2.24, 2.45) is 5.73 Å². The Morgan fingerprint density at radius 2 is 1.76 bits per heavy atom. The van der Waals surface area contributed by atoms with Crippen LogP contribution in [0.5, 0.6) is 0 Å². The minimum Gasteiger partial charge on any atom is -0.480 e. The quantitative estimate of drug-likeness (QED) is 0.745. The van der Waals surface area contributed by atoms with Crippen molar-refractivity contribution in [3.05, 3.63) is 34.4 Å². The Labute approximate surface area is 125 Å². The molecule has 0 aliphatic heterocycles. The van der Waals surface area contributed by atoms with Gasteiger partial charge in [-0.05, 0) is 63.4 Å². The van der Waals surface area contributed by atoms with E-state index >= 15 is 0 Å². The molecule has 1 aromatic carbocycles. The number of nitrogens with two attached hydrogens (primary N) is 1. The lowest BCUT2D eigenvalue weighted by atomic mass is 9.86. The molecule has 4 N–H and O–H groups in total. The molecule has 5 heteroatoms. The van der Waals surface area contributed by atoms with E-state index in [-0.39, 0.29) is 6.04 Å². The Hall–Kier alpha value is -1.88. The summed E-state index contributed by atoms with van der Waals surface area (Å²) in [6.45, 7) is 9.24. The van der Waals surface area contributed by atoms with E-state index in [4.69, 9.17) is 5.73 Å². The number of hydrogen-bond donors (Lipinski definition) is 3. The van der Waals surface area contributed by atoms with Gasteiger partial charge in [-0.15, -0.1) is 0 Å². The summed E-state index contributed by atoms with van der Waals surface area (Å²) in [5, 5.41) is 12.6. The van der Waals surface area contributed by atoms with Crippen molar-refractivity contribution in [3.63, 3.8) is 0 Å². The van der Waals surface area contributed by atoms with Gasteiger partial charge >= 0.3 is 5.97 Å². The van der Waals surface area contributed by atoms with Gasteiger partial charge in [0.2, 0.25) is 5.91 Å². The van der Waals surface area contributed by atoms with Crippen molar-refractivity contribution < 1.29 is 14.7 Å². The molecule has 1 rings (SSSR count). The third-order valence-corrected chi connectivity index (χ3v) is 3.59. The molecule has 0 aromatic heterocycles. The summed E-state index contributed by atoms with van der Waals surface area (Å²) in [5.74, 6) is -1.37. The minimum atomic E-state index is -1.06. The molecular formula is C16H24N2O3. The maximum Gasteiger partial charge on any atom is 0.323 e. The number of benzene rings is 1. The number of nitrogens with one attached hydrogen (secondary N) is 1. The minimum absolute atomic E-state index is 0.0524. The molecule has 1 unspecified atom stereocenters. The molecule has 21 heavy (non-hydrogen) atoms. The van der Waals surface area contributed by atoms with Gasteiger partial charge in [0.05, 0.1) is 0 Å². The number of carbonyl (C=O) groups excluding carboxylic acids is 1. The van der Waals surface area contributed by atoms with Crippen LogP contribution in [-0.4, -0.2) is 28.6 Å². The molecule has 0 heterocycles. The number of primary amides is 1. The van der Waals surface area contributed by atoms with Crippen LogP contribution in [0.2, 0.25) is 0 Å². The van der Waals surface area contributed by atoms with Gasteiger partial charge in [-0.1, -0.05) is 0 Å². The largest absolute Gasteiger partial charge is 0.480 e. The standard InChI is InChI=1S/C16H24N2O3/c1-9(2)18-16(5,15(20)21)8-13-10(3)6-12(14(17)19)7-11(13)4/h6-7,9,18H,8H2,1-5H3,(H2,17,19)(H,20,21). The Morgan fingerprint density at radius 3 is 2.10 bits per heavy atom. The molecule has 0 radical (unpaired) electrons. The highest BCUT2D eigenvalue weighted by Gasteiger charge is 2.34. The summed E-state index contributed by atoms with van der Waals surface area (Å²) in [6.07, 6.45) is 0.344. The number of carbonyl (C=O) groups is 2.